The van der Waals surface area contributed by atoms with Crippen LogP contribution >= 0.6 is 11.8 Å². The van der Waals surface area contributed by atoms with Gasteiger partial charge >= 0.3 is 0 Å². The molecule has 23 heavy (non-hydrogen) atoms. The average Bonchev–Trinajstić information content (AvgIpc) is 2.52. The Labute approximate surface area is 141 Å². The summed E-state index contributed by atoms with van der Waals surface area (Å²) in [5, 5.41) is 5.12. The molecule has 0 unspecified atom stereocenters. The van der Waals surface area contributed by atoms with Gasteiger partial charge < -0.3 is 0 Å². The smallest absolute Gasteiger partial charge is 0.231 e. The van der Waals surface area contributed by atoms with Crippen molar-refractivity contribution in [3.63, 3.8) is 0 Å². The maximum atomic E-state index is 11.5. The molecule has 124 valence electrons. The molecule has 1 N–H and O–H groups in total. The number of hydrazone groups is 1. The molecule has 2 rings (SSSR count). The topological polar surface area (TPSA) is 74.1 Å². The lowest BCUT2D eigenvalue weighted by atomic mass is 10.1. The van der Waals surface area contributed by atoms with E-state index >= 15 is 0 Å². The predicted octanol–water partition coefficient (Wildman–Crippen LogP) is 2.06. The van der Waals surface area contributed by atoms with Crippen LogP contribution in [0.4, 0.5) is 5.69 Å². The molecular formula is C15H20N4O2S2. The first-order valence-electron chi connectivity index (χ1n) is 6.96. The number of sulfonamides is 1. The van der Waals surface area contributed by atoms with E-state index in [1.54, 1.807) is 23.9 Å². The van der Waals surface area contributed by atoms with Crippen molar-refractivity contribution in [1.29, 1.82) is 0 Å². The molecule has 0 bridgehead atoms. The number of anilines is 1. The minimum atomic E-state index is -3.25. The van der Waals surface area contributed by atoms with Crippen molar-refractivity contribution in [2.24, 2.45) is 10.1 Å². The quantitative estimate of drug-likeness (QED) is 0.823. The summed E-state index contributed by atoms with van der Waals surface area (Å²) in [6.45, 7) is 6.34. The summed E-state index contributed by atoms with van der Waals surface area (Å²) in [4.78, 5) is 4.36. The van der Waals surface area contributed by atoms with Gasteiger partial charge in [-0.1, -0.05) is 36.0 Å². The van der Waals surface area contributed by atoms with Crippen molar-refractivity contribution >= 4 is 38.4 Å². The summed E-state index contributed by atoms with van der Waals surface area (Å²) in [5.74, 6) is 0.712. The van der Waals surface area contributed by atoms with Crippen LogP contribution in [-0.4, -0.2) is 44.9 Å². The van der Waals surface area contributed by atoms with E-state index in [2.05, 4.69) is 22.1 Å². The molecule has 0 saturated heterocycles. The average molecular weight is 352 g/mol. The summed E-state index contributed by atoms with van der Waals surface area (Å²) in [5.41, 5.74) is 6.41. The predicted molar refractivity (Wildman–Crippen MR) is 98.9 cm³/mol. The number of benzene rings is 1. The van der Waals surface area contributed by atoms with Gasteiger partial charge in [0.15, 0.2) is 5.17 Å². The second-order valence-corrected chi connectivity index (χ2v) is 8.29. The lowest BCUT2D eigenvalue weighted by Crippen LogP contribution is -2.26. The normalized spacial score (nSPS) is 16.7. The number of nitrogens with one attached hydrogen (secondary N) is 1. The largest absolute Gasteiger partial charge is 0.274 e. The van der Waals surface area contributed by atoms with Crippen molar-refractivity contribution in [3.05, 3.63) is 42.0 Å². The van der Waals surface area contributed by atoms with Crippen LogP contribution in [0.25, 0.3) is 0 Å². The summed E-state index contributed by atoms with van der Waals surface area (Å²) in [6, 6.07) is 7.28. The van der Waals surface area contributed by atoms with Crippen LogP contribution in [0.5, 0.6) is 0 Å². The molecule has 1 aliphatic rings. The standard InChI is InChI=1S/C15H20N4O2S2/c1-11(2)9-16-15-18-17-14(10-22-15)12-5-7-13(8-6-12)19(3)23(4,20)21/h5-8H,1,9-10H2,2-4H3,(H,16,18). The summed E-state index contributed by atoms with van der Waals surface area (Å²) < 4.78 is 24.3. The molecule has 1 aromatic carbocycles. The number of hydrogen-bond donors (Lipinski definition) is 1. The van der Waals surface area contributed by atoms with Crippen LogP contribution in [0.15, 0.2) is 46.5 Å². The zero-order chi connectivity index (χ0) is 17.0. The molecule has 0 fully saturated rings. The Morgan fingerprint density at radius 3 is 2.57 bits per heavy atom. The Hall–Kier alpha value is -1.80. The molecule has 0 atom stereocenters. The molecule has 0 aromatic heterocycles. The first-order chi connectivity index (χ1) is 10.8. The van der Waals surface area contributed by atoms with Gasteiger partial charge in [0, 0.05) is 12.8 Å². The molecule has 0 saturated carbocycles. The third kappa shape index (κ3) is 4.84. The molecule has 0 spiro atoms. The number of nitrogens with zero attached hydrogens (tertiary/aromatic N) is 3. The van der Waals surface area contributed by atoms with E-state index in [1.807, 2.05) is 19.1 Å². The third-order valence-corrected chi connectivity index (χ3v) is 5.30. The van der Waals surface area contributed by atoms with E-state index in [1.165, 1.54) is 17.6 Å². The van der Waals surface area contributed by atoms with Crippen molar-refractivity contribution in [2.45, 2.75) is 6.92 Å². The van der Waals surface area contributed by atoms with Gasteiger partial charge in [0.2, 0.25) is 10.0 Å². The van der Waals surface area contributed by atoms with E-state index in [4.69, 9.17) is 0 Å². The van der Waals surface area contributed by atoms with Crippen molar-refractivity contribution < 1.29 is 8.42 Å². The van der Waals surface area contributed by atoms with Gasteiger partial charge in [-0.25, -0.2) is 8.42 Å². The molecule has 1 aromatic rings. The van der Waals surface area contributed by atoms with Crippen LogP contribution in [0, 0.1) is 0 Å². The lowest BCUT2D eigenvalue weighted by molar-refractivity contribution is 0.600. The van der Waals surface area contributed by atoms with Gasteiger partial charge in [0.05, 0.1) is 24.2 Å². The van der Waals surface area contributed by atoms with Crippen LogP contribution in [0.2, 0.25) is 0 Å². The van der Waals surface area contributed by atoms with Gasteiger partial charge in [-0.3, -0.25) is 14.7 Å². The van der Waals surface area contributed by atoms with Crippen LogP contribution in [0.3, 0.4) is 0 Å². The van der Waals surface area contributed by atoms with Crippen LogP contribution in [-0.2, 0) is 10.0 Å². The fraction of sp³-hybridized carbons (Fsp3) is 0.333. The molecule has 0 aliphatic carbocycles. The second-order valence-electron chi connectivity index (χ2n) is 5.31. The number of thioether (sulfide) groups is 1. The molecule has 8 heteroatoms. The summed E-state index contributed by atoms with van der Waals surface area (Å²) >= 11 is 1.58. The zero-order valence-electron chi connectivity index (χ0n) is 13.4. The van der Waals surface area contributed by atoms with E-state index in [0.29, 0.717) is 18.0 Å². The molecule has 0 radical (unpaired) electrons. The van der Waals surface area contributed by atoms with E-state index in [-0.39, 0.29) is 0 Å². The van der Waals surface area contributed by atoms with Gasteiger partial charge in [-0.2, -0.15) is 5.10 Å². The summed E-state index contributed by atoms with van der Waals surface area (Å²) in [6.07, 6.45) is 1.18. The molecule has 1 aliphatic heterocycles. The molecule has 6 nitrogen and oxygen atoms in total. The Balaban J connectivity index is 2.09. The van der Waals surface area contributed by atoms with E-state index in [9.17, 15) is 8.42 Å². The maximum absolute atomic E-state index is 11.5. The lowest BCUT2D eigenvalue weighted by Gasteiger charge is -2.18. The Morgan fingerprint density at radius 2 is 2.09 bits per heavy atom. The highest BCUT2D eigenvalue weighted by atomic mass is 32.2. The second kappa shape index (κ2) is 7.18. The van der Waals surface area contributed by atoms with Gasteiger partial charge in [0.1, 0.15) is 0 Å². The number of rotatable bonds is 5. The number of hydrogen-bond acceptors (Lipinski definition) is 5. The highest BCUT2D eigenvalue weighted by Crippen LogP contribution is 2.19. The van der Waals surface area contributed by atoms with Gasteiger partial charge in [0.25, 0.3) is 0 Å². The van der Waals surface area contributed by atoms with E-state index < -0.39 is 10.0 Å². The van der Waals surface area contributed by atoms with E-state index in [0.717, 1.165) is 22.0 Å². The molecular weight excluding hydrogens is 332 g/mol. The molecule has 0 amide bonds. The number of aliphatic imine (C=N–C) groups is 1. The molecule has 1 heterocycles. The van der Waals surface area contributed by atoms with Crippen LogP contribution in [0.1, 0.15) is 12.5 Å². The van der Waals surface area contributed by atoms with Crippen molar-refractivity contribution in [1.82, 2.24) is 5.43 Å². The first-order valence-corrected chi connectivity index (χ1v) is 9.79. The Bertz CT molecular complexity index is 752. The van der Waals surface area contributed by atoms with Gasteiger partial charge in [-0.15, -0.1) is 0 Å². The zero-order valence-corrected chi connectivity index (χ0v) is 15.0. The summed E-state index contributed by atoms with van der Waals surface area (Å²) in [7, 11) is -1.72. The SMILES string of the molecule is C=C(C)CN=C1NN=C(c2ccc(N(C)S(C)(=O)=O)cc2)CS1. The first kappa shape index (κ1) is 17.6. The Kier molecular flexibility index (Phi) is 5.48. The monoisotopic (exact) mass is 352 g/mol. The minimum absolute atomic E-state index is 0.590. The third-order valence-electron chi connectivity index (χ3n) is 3.19. The van der Waals surface area contributed by atoms with Gasteiger partial charge in [-0.05, 0) is 24.6 Å². The maximum Gasteiger partial charge on any atom is 0.231 e. The number of amidine groups is 1. The highest BCUT2D eigenvalue weighted by Gasteiger charge is 2.15. The van der Waals surface area contributed by atoms with Crippen molar-refractivity contribution in [3.8, 4) is 0 Å². The fourth-order valence-electron chi connectivity index (χ4n) is 1.81. The Morgan fingerprint density at radius 1 is 1.43 bits per heavy atom. The minimum Gasteiger partial charge on any atom is -0.274 e. The fourth-order valence-corrected chi connectivity index (χ4v) is 3.08. The highest BCUT2D eigenvalue weighted by molar-refractivity contribution is 8.14. The van der Waals surface area contributed by atoms with Crippen LogP contribution < -0.4 is 9.73 Å². The van der Waals surface area contributed by atoms with Crippen molar-refractivity contribution in [2.75, 3.05) is 29.9 Å².